The second-order valence-electron chi connectivity index (χ2n) is 9.52. The van der Waals surface area contributed by atoms with E-state index in [9.17, 15) is 4.79 Å². The van der Waals surface area contributed by atoms with Gasteiger partial charge in [-0.3, -0.25) is 9.69 Å². The number of rotatable bonds is 3. The number of hydrogen-bond acceptors (Lipinski definition) is 4. The molecule has 2 aromatic carbocycles. The van der Waals surface area contributed by atoms with E-state index < -0.39 is 0 Å². The molecule has 2 atom stereocenters. The monoisotopic (exact) mass is 433 g/mol. The molecule has 5 heteroatoms. The molecule has 2 aromatic rings. The second-order valence-corrected chi connectivity index (χ2v) is 9.52. The lowest BCUT2D eigenvalue weighted by Crippen LogP contribution is -2.47. The van der Waals surface area contributed by atoms with Crippen LogP contribution in [0.5, 0.6) is 0 Å². The Bertz CT molecular complexity index is 897. The van der Waals surface area contributed by atoms with E-state index in [1.807, 2.05) is 0 Å². The molecule has 1 amide bonds. The predicted octanol–water partition coefficient (Wildman–Crippen LogP) is 4.29. The van der Waals surface area contributed by atoms with Gasteiger partial charge in [0, 0.05) is 63.1 Å². The predicted molar refractivity (Wildman–Crippen MR) is 127 cm³/mol. The highest BCUT2D eigenvalue weighted by Crippen LogP contribution is 2.32. The van der Waals surface area contributed by atoms with Crippen molar-refractivity contribution in [3.63, 3.8) is 0 Å². The van der Waals surface area contributed by atoms with Gasteiger partial charge in [-0.15, -0.1) is 0 Å². The first-order chi connectivity index (χ1) is 15.8. The Morgan fingerprint density at radius 1 is 0.906 bits per heavy atom. The molecule has 170 valence electrons. The lowest BCUT2D eigenvalue weighted by atomic mass is 9.97. The van der Waals surface area contributed by atoms with E-state index >= 15 is 0 Å². The minimum absolute atomic E-state index is 0.0915. The average molecular weight is 434 g/mol. The van der Waals surface area contributed by atoms with Crippen LogP contribution in [0.15, 0.2) is 54.6 Å². The first kappa shape index (κ1) is 21.5. The number of hydrogen-bond donors (Lipinski definition) is 1. The van der Waals surface area contributed by atoms with Crippen molar-refractivity contribution in [2.24, 2.45) is 5.92 Å². The maximum absolute atomic E-state index is 13.7. The average Bonchev–Trinajstić information content (AvgIpc) is 3.19. The number of para-hydroxylation sites is 1. The summed E-state index contributed by atoms with van der Waals surface area (Å²) in [7, 11) is 0. The number of nitrogens with zero attached hydrogens (tertiary/aromatic N) is 2. The Morgan fingerprint density at radius 2 is 1.66 bits per heavy atom. The van der Waals surface area contributed by atoms with Crippen molar-refractivity contribution in [1.82, 2.24) is 9.80 Å². The van der Waals surface area contributed by atoms with Crippen LogP contribution in [-0.4, -0.2) is 54.1 Å². The topological polar surface area (TPSA) is 44.8 Å². The van der Waals surface area contributed by atoms with Gasteiger partial charge in [-0.25, -0.2) is 0 Å². The SMILES string of the molecule is O=C(C1CCOCC1)N1Cc2ccccc2NCC[C@@H]2CC[C@H](C1)N2Cc1ccccc1. The van der Waals surface area contributed by atoms with Gasteiger partial charge in [0.1, 0.15) is 0 Å². The Labute approximate surface area is 191 Å². The standard InChI is InChI=1S/C27H35N3O2/c31-27(22-13-16-32-17-14-22)29-19-23-8-4-5-9-26(23)28-15-12-24-10-11-25(20-29)30(24)18-21-6-2-1-3-7-21/h1-9,22,24-25,28H,10-20H2/t24-,25+/m0/s1. The lowest BCUT2D eigenvalue weighted by molar-refractivity contribution is -0.140. The summed E-state index contributed by atoms with van der Waals surface area (Å²) >= 11 is 0. The van der Waals surface area contributed by atoms with E-state index in [4.69, 9.17) is 4.74 Å². The normalized spacial score (nSPS) is 24.9. The second kappa shape index (κ2) is 10.1. The number of nitrogens with one attached hydrogen (secondary N) is 1. The molecular formula is C27H35N3O2. The molecule has 0 aromatic heterocycles. The molecule has 0 aliphatic carbocycles. The molecule has 3 aliphatic heterocycles. The van der Waals surface area contributed by atoms with E-state index in [-0.39, 0.29) is 5.92 Å². The smallest absolute Gasteiger partial charge is 0.226 e. The molecule has 0 spiro atoms. The molecule has 5 nitrogen and oxygen atoms in total. The molecule has 0 unspecified atom stereocenters. The molecule has 1 N–H and O–H groups in total. The molecule has 5 rings (SSSR count). The maximum atomic E-state index is 13.7. The van der Waals surface area contributed by atoms with Gasteiger partial charge in [0.05, 0.1) is 0 Å². The van der Waals surface area contributed by atoms with Gasteiger partial charge in [0.2, 0.25) is 5.91 Å². The van der Waals surface area contributed by atoms with Gasteiger partial charge < -0.3 is 15.0 Å². The van der Waals surface area contributed by atoms with Crippen molar-refractivity contribution >= 4 is 11.6 Å². The van der Waals surface area contributed by atoms with E-state index in [0.29, 0.717) is 37.7 Å². The fourth-order valence-corrected chi connectivity index (χ4v) is 5.67. The third kappa shape index (κ3) is 4.84. The Kier molecular flexibility index (Phi) is 6.75. The first-order valence-electron chi connectivity index (χ1n) is 12.3. The van der Waals surface area contributed by atoms with Crippen LogP contribution in [0.3, 0.4) is 0 Å². The largest absolute Gasteiger partial charge is 0.385 e. The van der Waals surface area contributed by atoms with Gasteiger partial charge in [0.25, 0.3) is 0 Å². The lowest BCUT2D eigenvalue weighted by Gasteiger charge is -2.35. The quantitative estimate of drug-likeness (QED) is 0.784. The van der Waals surface area contributed by atoms with Crippen molar-refractivity contribution in [3.8, 4) is 0 Å². The maximum Gasteiger partial charge on any atom is 0.226 e. The molecule has 0 saturated carbocycles. The van der Waals surface area contributed by atoms with Gasteiger partial charge >= 0.3 is 0 Å². The van der Waals surface area contributed by atoms with Gasteiger partial charge in [-0.1, -0.05) is 48.5 Å². The van der Waals surface area contributed by atoms with Crippen molar-refractivity contribution in [2.45, 2.75) is 57.3 Å². The van der Waals surface area contributed by atoms with Crippen LogP contribution in [0.1, 0.15) is 43.2 Å². The van der Waals surface area contributed by atoms with Crippen LogP contribution >= 0.6 is 0 Å². The highest BCUT2D eigenvalue weighted by Gasteiger charge is 2.37. The third-order valence-corrected chi connectivity index (χ3v) is 7.46. The zero-order valence-corrected chi connectivity index (χ0v) is 18.9. The van der Waals surface area contributed by atoms with Crippen molar-refractivity contribution in [2.75, 3.05) is 31.6 Å². The number of fused-ring (bicyclic) bond motifs is 3. The van der Waals surface area contributed by atoms with Gasteiger partial charge in [0.15, 0.2) is 0 Å². The van der Waals surface area contributed by atoms with E-state index in [0.717, 1.165) is 45.3 Å². The molecule has 3 heterocycles. The Balaban J connectivity index is 1.43. The van der Waals surface area contributed by atoms with Crippen LogP contribution < -0.4 is 5.32 Å². The summed E-state index contributed by atoms with van der Waals surface area (Å²) in [4.78, 5) is 18.5. The summed E-state index contributed by atoms with van der Waals surface area (Å²) in [5, 5.41) is 3.68. The van der Waals surface area contributed by atoms with Gasteiger partial charge in [-0.05, 0) is 49.3 Å². The minimum atomic E-state index is 0.0915. The number of carbonyl (C=O) groups excluding carboxylic acids is 1. The van der Waals surface area contributed by atoms with E-state index in [1.165, 1.54) is 23.2 Å². The summed E-state index contributed by atoms with van der Waals surface area (Å²) in [6.07, 6.45) is 5.19. The molecule has 2 saturated heterocycles. The van der Waals surface area contributed by atoms with E-state index in [2.05, 4.69) is 69.7 Å². The van der Waals surface area contributed by atoms with E-state index in [1.54, 1.807) is 0 Å². The zero-order chi connectivity index (χ0) is 21.8. The Morgan fingerprint density at radius 3 is 2.50 bits per heavy atom. The molecule has 3 aliphatic rings. The first-order valence-corrected chi connectivity index (χ1v) is 12.3. The summed E-state index contributed by atoms with van der Waals surface area (Å²) < 4.78 is 5.53. The van der Waals surface area contributed by atoms with Crippen LogP contribution in [0.2, 0.25) is 0 Å². The molecular weight excluding hydrogens is 398 g/mol. The van der Waals surface area contributed by atoms with Crippen LogP contribution in [0, 0.1) is 5.92 Å². The number of benzene rings is 2. The van der Waals surface area contributed by atoms with Gasteiger partial charge in [-0.2, -0.15) is 0 Å². The van der Waals surface area contributed by atoms with Crippen molar-refractivity contribution < 1.29 is 9.53 Å². The molecule has 2 bridgehead atoms. The van der Waals surface area contributed by atoms with Crippen LogP contribution in [-0.2, 0) is 22.6 Å². The van der Waals surface area contributed by atoms with Crippen LogP contribution in [0.25, 0.3) is 0 Å². The highest BCUT2D eigenvalue weighted by molar-refractivity contribution is 5.79. The number of ether oxygens (including phenoxy) is 1. The summed E-state index contributed by atoms with van der Waals surface area (Å²) in [5.41, 5.74) is 3.75. The summed E-state index contributed by atoms with van der Waals surface area (Å²) in [5.74, 6) is 0.402. The van der Waals surface area contributed by atoms with Crippen LogP contribution in [0.4, 0.5) is 5.69 Å². The third-order valence-electron chi connectivity index (χ3n) is 7.46. The van der Waals surface area contributed by atoms with Crippen molar-refractivity contribution in [3.05, 3.63) is 65.7 Å². The summed E-state index contributed by atoms with van der Waals surface area (Å²) in [6.45, 7) is 4.83. The Hall–Kier alpha value is -2.37. The number of amides is 1. The molecule has 0 radical (unpaired) electrons. The van der Waals surface area contributed by atoms with Crippen molar-refractivity contribution in [1.29, 1.82) is 0 Å². The number of carbonyl (C=O) groups is 1. The highest BCUT2D eigenvalue weighted by atomic mass is 16.5. The fraction of sp³-hybridized carbons (Fsp3) is 0.519. The zero-order valence-electron chi connectivity index (χ0n) is 18.9. The number of anilines is 1. The minimum Gasteiger partial charge on any atom is -0.385 e. The fourth-order valence-electron chi connectivity index (χ4n) is 5.67. The molecule has 32 heavy (non-hydrogen) atoms. The molecule has 2 fully saturated rings. The summed E-state index contributed by atoms with van der Waals surface area (Å²) in [6, 6.07) is 20.3.